The first-order valence-corrected chi connectivity index (χ1v) is 7.56. The van der Waals surface area contributed by atoms with Crippen molar-refractivity contribution in [1.29, 1.82) is 0 Å². The van der Waals surface area contributed by atoms with Crippen molar-refractivity contribution in [3.05, 3.63) is 36.2 Å². The summed E-state index contributed by atoms with van der Waals surface area (Å²) in [5.74, 6) is 1.99. The Balaban J connectivity index is 2.37. The van der Waals surface area contributed by atoms with Crippen LogP contribution in [0.2, 0.25) is 0 Å². The van der Waals surface area contributed by atoms with E-state index in [4.69, 9.17) is 9.72 Å². The lowest BCUT2D eigenvalue weighted by Crippen LogP contribution is -2.14. The van der Waals surface area contributed by atoms with Crippen LogP contribution in [0.3, 0.4) is 0 Å². The summed E-state index contributed by atoms with van der Waals surface area (Å²) < 4.78 is 7.94. The molecule has 4 heteroatoms. The highest BCUT2D eigenvalue weighted by molar-refractivity contribution is 5.78. The monoisotopic (exact) mass is 287 g/mol. The summed E-state index contributed by atoms with van der Waals surface area (Å²) in [7, 11) is 1.96. The Morgan fingerprint density at radius 2 is 2.24 bits per heavy atom. The number of nitrogens with one attached hydrogen (secondary N) is 1. The molecule has 0 bridgehead atoms. The zero-order chi connectivity index (χ0) is 15.2. The van der Waals surface area contributed by atoms with Gasteiger partial charge in [-0.05, 0) is 32.5 Å². The van der Waals surface area contributed by atoms with Gasteiger partial charge in [0.25, 0.3) is 0 Å². The highest BCUT2D eigenvalue weighted by Crippen LogP contribution is 2.23. The predicted molar refractivity (Wildman–Crippen MR) is 88.0 cm³/mol. The summed E-state index contributed by atoms with van der Waals surface area (Å²) in [6, 6.07) is 6.15. The fourth-order valence-corrected chi connectivity index (χ4v) is 2.34. The van der Waals surface area contributed by atoms with E-state index in [0.29, 0.717) is 0 Å². The number of hydrogen-bond acceptors (Lipinski definition) is 3. The molecular weight excluding hydrogens is 262 g/mol. The molecule has 0 aliphatic carbocycles. The van der Waals surface area contributed by atoms with Gasteiger partial charge in [0.1, 0.15) is 11.6 Å². The highest BCUT2D eigenvalue weighted by Gasteiger charge is 2.11. The molecule has 0 unspecified atom stereocenters. The lowest BCUT2D eigenvalue weighted by Gasteiger charge is -2.09. The van der Waals surface area contributed by atoms with Gasteiger partial charge in [0.15, 0.2) is 0 Å². The molecule has 1 heterocycles. The second kappa shape index (κ2) is 7.27. The fraction of sp³-hybridized carbons (Fsp3) is 0.471. The number of rotatable bonds is 8. The molecule has 4 nitrogen and oxygen atoms in total. The number of fused-ring (bicyclic) bond motifs is 1. The van der Waals surface area contributed by atoms with Crippen LogP contribution in [0.4, 0.5) is 0 Å². The molecule has 0 fully saturated rings. The number of hydrogen-bond donors (Lipinski definition) is 1. The Morgan fingerprint density at radius 3 is 2.90 bits per heavy atom. The first-order chi connectivity index (χ1) is 10.2. The molecule has 0 radical (unpaired) electrons. The molecule has 0 aliphatic heterocycles. The number of benzene rings is 1. The van der Waals surface area contributed by atoms with Crippen molar-refractivity contribution < 1.29 is 4.74 Å². The Hall–Kier alpha value is -1.81. The van der Waals surface area contributed by atoms with E-state index in [2.05, 4.69) is 29.5 Å². The van der Waals surface area contributed by atoms with Crippen molar-refractivity contribution in [3.63, 3.8) is 0 Å². The molecule has 0 amide bonds. The molecule has 1 N–H and O–H groups in total. The van der Waals surface area contributed by atoms with Crippen LogP contribution in [0.1, 0.15) is 26.1 Å². The quantitative estimate of drug-likeness (QED) is 0.758. The molecule has 1 aromatic carbocycles. The fourth-order valence-electron chi connectivity index (χ4n) is 2.34. The van der Waals surface area contributed by atoms with Crippen molar-refractivity contribution in [2.24, 2.45) is 0 Å². The van der Waals surface area contributed by atoms with Gasteiger partial charge in [-0.2, -0.15) is 0 Å². The molecule has 0 atom stereocenters. The number of ether oxygens (including phenoxy) is 1. The number of likely N-dealkylation sites (N-methyl/N-ethyl adjacent to an activating group) is 1. The van der Waals surface area contributed by atoms with Gasteiger partial charge < -0.3 is 14.6 Å². The SMILES string of the molecule is C=C(C)Cn1c(CCNC)nc2cc(OCCC)ccc21. The van der Waals surface area contributed by atoms with E-state index in [9.17, 15) is 0 Å². The standard InChI is InChI=1S/C17H25N3O/c1-5-10-21-14-6-7-16-15(11-14)19-17(8-9-18-4)20(16)12-13(2)3/h6-7,11,18H,2,5,8-10,12H2,1,3-4H3. The van der Waals surface area contributed by atoms with E-state index in [-0.39, 0.29) is 0 Å². The van der Waals surface area contributed by atoms with E-state index >= 15 is 0 Å². The Bertz CT molecular complexity index is 616. The lowest BCUT2D eigenvalue weighted by atomic mass is 10.2. The molecule has 21 heavy (non-hydrogen) atoms. The van der Waals surface area contributed by atoms with E-state index in [1.54, 1.807) is 0 Å². The van der Waals surface area contributed by atoms with E-state index in [1.165, 1.54) is 0 Å². The van der Waals surface area contributed by atoms with Crippen LogP contribution in [0.5, 0.6) is 5.75 Å². The molecular formula is C17H25N3O. The lowest BCUT2D eigenvalue weighted by molar-refractivity contribution is 0.318. The zero-order valence-corrected chi connectivity index (χ0v) is 13.3. The zero-order valence-electron chi connectivity index (χ0n) is 13.3. The molecule has 0 saturated carbocycles. The normalized spacial score (nSPS) is 11.0. The molecule has 0 aliphatic rings. The Kier molecular flexibility index (Phi) is 5.39. The van der Waals surface area contributed by atoms with Crippen LogP contribution in [-0.2, 0) is 13.0 Å². The topological polar surface area (TPSA) is 39.1 Å². The van der Waals surface area contributed by atoms with E-state index in [0.717, 1.165) is 60.7 Å². The third kappa shape index (κ3) is 3.85. The maximum Gasteiger partial charge on any atom is 0.121 e. The minimum absolute atomic E-state index is 0.741. The molecule has 114 valence electrons. The second-order valence-electron chi connectivity index (χ2n) is 5.42. The largest absolute Gasteiger partial charge is 0.494 e. The summed E-state index contributed by atoms with van der Waals surface area (Å²) in [6.45, 7) is 10.6. The third-order valence-corrected chi connectivity index (χ3v) is 3.30. The van der Waals surface area contributed by atoms with Gasteiger partial charge in [-0.1, -0.05) is 19.1 Å². The summed E-state index contributed by atoms with van der Waals surface area (Å²) in [5.41, 5.74) is 3.27. The molecule has 0 spiro atoms. The van der Waals surface area contributed by atoms with Crippen LogP contribution < -0.4 is 10.1 Å². The van der Waals surface area contributed by atoms with Crippen LogP contribution in [0.25, 0.3) is 11.0 Å². The maximum absolute atomic E-state index is 5.70. The average molecular weight is 287 g/mol. The van der Waals surface area contributed by atoms with Crippen molar-refractivity contribution in [3.8, 4) is 5.75 Å². The van der Waals surface area contributed by atoms with Crippen LogP contribution in [0, 0.1) is 0 Å². The molecule has 1 aromatic heterocycles. The van der Waals surface area contributed by atoms with Gasteiger partial charge in [0.2, 0.25) is 0 Å². The number of imidazole rings is 1. The van der Waals surface area contributed by atoms with Crippen molar-refractivity contribution >= 4 is 11.0 Å². The van der Waals surface area contributed by atoms with Gasteiger partial charge >= 0.3 is 0 Å². The molecule has 2 rings (SSSR count). The van der Waals surface area contributed by atoms with Gasteiger partial charge in [0.05, 0.1) is 17.6 Å². The minimum atomic E-state index is 0.741. The summed E-state index contributed by atoms with van der Waals surface area (Å²) in [4.78, 5) is 4.77. The average Bonchev–Trinajstić information content (AvgIpc) is 2.79. The third-order valence-electron chi connectivity index (χ3n) is 3.30. The van der Waals surface area contributed by atoms with Crippen molar-refractivity contribution in [2.45, 2.75) is 33.2 Å². The van der Waals surface area contributed by atoms with Crippen molar-refractivity contribution in [1.82, 2.24) is 14.9 Å². The number of nitrogens with zero attached hydrogens (tertiary/aromatic N) is 2. The second-order valence-corrected chi connectivity index (χ2v) is 5.42. The first-order valence-electron chi connectivity index (χ1n) is 7.56. The van der Waals surface area contributed by atoms with Crippen LogP contribution in [-0.4, -0.2) is 29.8 Å². The van der Waals surface area contributed by atoms with Crippen LogP contribution >= 0.6 is 0 Å². The van der Waals surface area contributed by atoms with E-state index in [1.807, 2.05) is 26.1 Å². The first kappa shape index (κ1) is 15.6. The summed E-state index contributed by atoms with van der Waals surface area (Å²) >= 11 is 0. The molecule has 0 saturated heterocycles. The Morgan fingerprint density at radius 1 is 1.43 bits per heavy atom. The maximum atomic E-state index is 5.70. The van der Waals surface area contributed by atoms with Gasteiger partial charge in [-0.25, -0.2) is 4.98 Å². The van der Waals surface area contributed by atoms with Gasteiger partial charge in [0, 0.05) is 25.6 Å². The number of aromatic nitrogens is 2. The smallest absolute Gasteiger partial charge is 0.121 e. The summed E-state index contributed by atoms with van der Waals surface area (Å²) in [6.07, 6.45) is 1.92. The van der Waals surface area contributed by atoms with Crippen molar-refractivity contribution in [2.75, 3.05) is 20.2 Å². The highest BCUT2D eigenvalue weighted by atomic mass is 16.5. The summed E-state index contributed by atoms with van der Waals surface area (Å²) in [5, 5.41) is 3.18. The van der Waals surface area contributed by atoms with Crippen LogP contribution in [0.15, 0.2) is 30.4 Å². The van der Waals surface area contributed by atoms with E-state index < -0.39 is 0 Å². The van der Waals surface area contributed by atoms with Gasteiger partial charge in [-0.15, -0.1) is 0 Å². The van der Waals surface area contributed by atoms with Gasteiger partial charge in [-0.3, -0.25) is 0 Å². The Labute approximate surface area is 126 Å². The number of allylic oxidation sites excluding steroid dienone is 1. The minimum Gasteiger partial charge on any atom is -0.494 e. The predicted octanol–water partition coefficient (Wildman–Crippen LogP) is 3.16. The molecule has 2 aromatic rings.